The lowest BCUT2D eigenvalue weighted by molar-refractivity contribution is 0.560. The number of hydrogen-bond donors (Lipinski definition) is 2. The number of rotatable bonds is 5. The minimum absolute atomic E-state index is 0.113. The van der Waals surface area contributed by atoms with Crippen LogP contribution >= 0.6 is 15.9 Å². The van der Waals surface area contributed by atoms with E-state index in [0.29, 0.717) is 12.4 Å². The van der Waals surface area contributed by atoms with Crippen LogP contribution in [0.3, 0.4) is 0 Å². The molecule has 1 rings (SSSR count). The number of aromatic amines is 1. The first kappa shape index (κ1) is 12.7. The number of imidazole rings is 1. The molecule has 0 aliphatic rings. The zero-order valence-corrected chi connectivity index (χ0v) is 11.0. The van der Waals surface area contributed by atoms with Crippen LogP contribution in [-0.4, -0.2) is 30.3 Å². The van der Waals surface area contributed by atoms with Gasteiger partial charge in [0.2, 0.25) is 0 Å². The van der Waals surface area contributed by atoms with Gasteiger partial charge in [0.25, 0.3) is 10.0 Å². The van der Waals surface area contributed by atoms with Gasteiger partial charge in [0.15, 0.2) is 5.03 Å². The number of aromatic nitrogens is 2. The summed E-state index contributed by atoms with van der Waals surface area (Å²) in [5.41, 5.74) is 0. The van der Waals surface area contributed by atoms with Gasteiger partial charge in [-0.1, -0.05) is 22.9 Å². The van der Waals surface area contributed by atoms with Gasteiger partial charge in [-0.3, -0.25) is 0 Å². The highest BCUT2D eigenvalue weighted by Crippen LogP contribution is 2.06. The summed E-state index contributed by atoms with van der Waals surface area (Å²) in [4.78, 5) is 6.53. The van der Waals surface area contributed by atoms with Crippen molar-refractivity contribution < 1.29 is 8.42 Å². The van der Waals surface area contributed by atoms with E-state index in [4.69, 9.17) is 0 Å². The maximum Gasteiger partial charge on any atom is 0.257 e. The predicted molar refractivity (Wildman–Crippen MR) is 61.5 cm³/mol. The van der Waals surface area contributed by atoms with E-state index < -0.39 is 10.0 Å². The summed E-state index contributed by atoms with van der Waals surface area (Å²) in [5, 5.41) is 0.874. The zero-order chi connectivity index (χ0) is 11.5. The summed E-state index contributed by atoms with van der Waals surface area (Å²) in [6.45, 7) is 4.07. The molecule has 0 aromatic carbocycles. The number of alkyl halides is 1. The molecule has 15 heavy (non-hydrogen) atoms. The quantitative estimate of drug-likeness (QED) is 0.797. The summed E-state index contributed by atoms with van der Waals surface area (Å²) in [7, 11) is -3.43. The van der Waals surface area contributed by atoms with Crippen LogP contribution in [0.25, 0.3) is 0 Å². The van der Waals surface area contributed by atoms with Gasteiger partial charge < -0.3 is 4.98 Å². The molecule has 0 amide bonds. The van der Waals surface area contributed by atoms with Crippen LogP contribution in [0.1, 0.15) is 12.7 Å². The zero-order valence-electron chi connectivity index (χ0n) is 8.62. The molecule has 1 unspecified atom stereocenters. The molecule has 1 atom stereocenters. The average Bonchev–Trinajstić information content (AvgIpc) is 2.62. The molecule has 0 spiro atoms. The first-order chi connectivity index (χ1) is 6.95. The molecule has 2 N–H and O–H groups in total. The first-order valence-electron chi connectivity index (χ1n) is 4.53. The van der Waals surface area contributed by atoms with Gasteiger partial charge in [-0.25, -0.2) is 18.1 Å². The molecule has 0 aliphatic heterocycles. The summed E-state index contributed by atoms with van der Waals surface area (Å²) in [6.07, 6.45) is 1.32. The molecule has 1 heterocycles. The molecule has 0 saturated carbocycles. The van der Waals surface area contributed by atoms with Gasteiger partial charge in [0.05, 0.1) is 6.20 Å². The van der Waals surface area contributed by atoms with Crippen LogP contribution in [0.4, 0.5) is 0 Å². The summed E-state index contributed by atoms with van der Waals surface area (Å²) in [5.74, 6) is 0.840. The molecule has 86 valence electrons. The third-order valence-electron chi connectivity index (χ3n) is 1.85. The topological polar surface area (TPSA) is 74.8 Å². The van der Waals surface area contributed by atoms with Crippen molar-refractivity contribution in [2.45, 2.75) is 18.9 Å². The van der Waals surface area contributed by atoms with Crippen LogP contribution in [0, 0.1) is 12.8 Å². The number of aryl methyl sites for hydroxylation is 1. The van der Waals surface area contributed by atoms with Crippen LogP contribution in [-0.2, 0) is 10.0 Å². The fourth-order valence-electron chi connectivity index (χ4n) is 0.919. The molecule has 1 aromatic rings. The fourth-order valence-corrected chi connectivity index (χ4v) is 2.28. The van der Waals surface area contributed by atoms with Crippen molar-refractivity contribution in [3.05, 3.63) is 12.0 Å². The second kappa shape index (κ2) is 5.09. The van der Waals surface area contributed by atoms with E-state index in [2.05, 4.69) is 30.6 Å². The molecule has 5 nitrogen and oxygen atoms in total. The van der Waals surface area contributed by atoms with Crippen molar-refractivity contribution in [1.29, 1.82) is 0 Å². The lowest BCUT2D eigenvalue weighted by Gasteiger charge is -2.08. The van der Waals surface area contributed by atoms with E-state index in [-0.39, 0.29) is 10.9 Å². The number of sulfonamides is 1. The van der Waals surface area contributed by atoms with Crippen LogP contribution in [0.5, 0.6) is 0 Å². The number of nitrogens with one attached hydrogen (secondary N) is 2. The van der Waals surface area contributed by atoms with E-state index in [1.165, 1.54) is 6.20 Å². The number of H-pyrrole nitrogens is 1. The van der Waals surface area contributed by atoms with Crippen molar-refractivity contribution >= 4 is 26.0 Å². The average molecular weight is 296 g/mol. The van der Waals surface area contributed by atoms with Crippen molar-refractivity contribution in [3.8, 4) is 0 Å². The Bertz CT molecular complexity index is 415. The van der Waals surface area contributed by atoms with E-state index in [1.807, 2.05) is 6.92 Å². The molecule has 7 heteroatoms. The standard InChI is InChI=1S/C8H14BrN3O2S/c1-6(3-9)4-11-15(13,14)8-5-10-7(2)12-8/h5-6,11H,3-4H2,1-2H3,(H,10,12). The van der Waals surface area contributed by atoms with Crippen molar-refractivity contribution in [2.24, 2.45) is 5.92 Å². The van der Waals surface area contributed by atoms with E-state index in [9.17, 15) is 8.42 Å². The number of hydrogen-bond acceptors (Lipinski definition) is 3. The SMILES string of the molecule is Cc1ncc(S(=O)(=O)NCC(C)CBr)[nH]1. The molecular weight excluding hydrogens is 282 g/mol. The van der Waals surface area contributed by atoms with Crippen LogP contribution in [0.2, 0.25) is 0 Å². The molecule has 1 aromatic heterocycles. The van der Waals surface area contributed by atoms with Gasteiger partial charge >= 0.3 is 0 Å². The van der Waals surface area contributed by atoms with Crippen LogP contribution in [0.15, 0.2) is 11.2 Å². The number of halogens is 1. The van der Waals surface area contributed by atoms with Gasteiger partial charge in [0, 0.05) is 11.9 Å². The first-order valence-corrected chi connectivity index (χ1v) is 7.13. The van der Waals surface area contributed by atoms with E-state index >= 15 is 0 Å². The highest BCUT2D eigenvalue weighted by molar-refractivity contribution is 9.09. The molecule has 0 bridgehead atoms. The van der Waals surface area contributed by atoms with Gasteiger partial charge in [-0.15, -0.1) is 0 Å². The van der Waals surface area contributed by atoms with Gasteiger partial charge in [-0.2, -0.15) is 0 Å². The highest BCUT2D eigenvalue weighted by atomic mass is 79.9. The third kappa shape index (κ3) is 3.58. The molecule has 0 aliphatic carbocycles. The monoisotopic (exact) mass is 295 g/mol. The Balaban J connectivity index is 2.68. The Morgan fingerprint density at radius 1 is 1.67 bits per heavy atom. The minimum Gasteiger partial charge on any atom is -0.332 e. The summed E-state index contributed by atoms with van der Waals surface area (Å²) < 4.78 is 25.8. The number of nitrogens with zero attached hydrogens (tertiary/aromatic N) is 1. The van der Waals surface area contributed by atoms with Gasteiger partial charge in [-0.05, 0) is 12.8 Å². The molecule has 0 radical (unpaired) electrons. The maximum absolute atomic E-state index is 11.7. The van der Waals surface area contributed by atoms with Gasteiger partial charge in [0.1, 0.15) is 5.82 Å². The molecule has 0 saturated heterocycles. The fraction of sp³-hybridized carbons (Fsp3) is 0.625. The maximum atomic E-state index is 11.7. The second-order valence-corrected chi connectivity index (χ2v) is 5.83. The van der Waals surface area contributed by atoms with Crippen molar-refractivity contribution in [1.82, 2.24) is 14.7 Å². The normalized spacial score (nSPS) is 14.1. The minimum atomic E-state index is -3.43. The molecular formula is C8H14BrN3O2S. The smallest absolute Gasteiger partial charge is 0.257 e. The Morgan fingerprint density at radius 3 is 2.80 bits per heavy atom. The Hall–Kier alpha value is -0.400. The lowest BCUT2D eigenvalue weighted by Crippen LogP contribution is -2.29. The second-order valence-electron chi connectivity index (χ2n) is 3.44. The molecule has 0 fully saturated rings. The van der Waals surface area contributed by atoms with Crippen molar-refractivity contribution in [3.63, 3.8) is 0 Å². The Labute approximate surface area is 97.9 Å². The Morgan fingerprint density at radius 2 is 2.33 bits per heavy atom. The van der Waals surface area contributed by atoms with E-state index in [0.717, 1.165) is 5.33 Å². The third-order valence-corrected chi connectivity index (χ3v) is 4.29. The van der Waals surface area contributed by atoms with Crippen LogP contribution < -0.4 is 4.72 Å². The largest absolute Gasteiger partial charge is 0.332 e. The van der Waals surface area contributed by atoms with E-state index in [1.54, 1.807) is 6.92 Å². The predicted octanol–water partition coefficient (Wildman–Crippen LogP) is 1.03. The summed E-state index contributed by atoms with van der Waals surface area (Å²) >= 11 is 3.29. The summed E-state index contributed by atoms with van der Waals surface area (Å²) in [6, 6.07) is 0. The lowest BCUT2D eigenvalue weighted by atomic mass is 10.2. The Kier molecular flexibility index (Phi) is 4.30. The highest BCUT2D eigenvalue weighted by Gasteiger charge is 2.16. The van der Waals surface area contributed by atoms with Crippen molar-refractivity contribution in [2.75, 3.05) is 11.9 Å².